The summed E-state index contributed by atoms with van der Waals surface area (Å²) in [6.45, 7) is 10.5. The van der Waals surface area contributed by atoms with Crippen molar-refractivity contribution in [1.29, 1.82) is 0 Å². The van der Waals surface area contributed by atoms with Crippen LogP contribution in [-0.4, -0.2) is 71.1 Å². The van der Waals surface area contributed by atoms with Gasteiger partial charge in [0.15, 0.2) is 5.82 Å². The molecule has 1 saturated heterocycles. The maximum Gasteiger partial charge on any atom is 0.364 e. The molecule has 1 atom stereocenters. The van der Waals surface area contributed by atoms with E-state index in [0.717, 1.165) is 6.42 Å². The number of anilines is 1. The number of hydrogen-bond donors (Lipinski definition) is 1. The zero-order chi connectivity index (χ0) is 30.5. The molecule has 0 aromatic carbocycles. The summed E-state index contributed by atoms with van der Waals surface area (Å²) in [4.78, 5) is 19.9. The second-order valence-corrected chi connectivity index (χ2v) is 18.0. The van der Waals surface area contributed by atoms with Crippen molar-refractivity contribution in [3.63, 3.8) is 0 Å². The first kappa shape index (κ1) is 30.6. The Bertz CT molecular complexity index is 1570. The van der Waals surface area contributed by atoms with Crippen molar-refractivity contribution in [2.24, 2.45) is 13.0 Å². The van der Waals surface area contributed by atoms with E-state index < -0.39 is 41.6 Å². The molecule has 0 unspecified atom stereocenters. The fourth-order valence-electron chi connectivity index (χ4n) is 4.83. The van der Waals surface area contributed by atoms with Crippen molar-refractivity contribution in [2.45, 2.75) is 63.4 Å². The second kappa shape index (κ2) is 10.5. The summed E-state index contributed by atoms with van der Waals surface area (Å²) in [5.74, 6) is -4.35. The van der Waals surface area contributed by atoms with Gasteiger partial charge in [-0.15, -0.1) is 5.10 Å². The van der Waals surface area contributed by atoms with Gasteiger partial charge in [0.2, 0.25) is 14.0 Å². The van der Waals surface area contributed by atoms with Gasteiger partial charge >= 0.3 is 5.80 Å². The molecule has 1 aliphatic rings. The molecule has 4 rings (SSSR count). The van der Waals surface area contributed by atoms with E-state index in [1.807, 2.05) is 18.7 Å². The number of nitrogens with zero attached hydrogens (tertiary/aromatic N) is 6. The number of ether oxygens (including phenoxy) is 1. The van der Waals surface area contributed by atoms with Crippen LogP contribution in [0.2, 0.25) is 13.1 Å². The summed E-state index contributed by atoms with van der Waals surface area (Å²) < 4.78 is 76.1. The third-order valence-electron chi connectivity index (χ3n) is 7.07. The average Bonchev–Trinajstić information content (AvgIpc) is 3.52. The van der Waals surface area contributed by atoms with E-state index >= 15 is 0 Å². The Morgan fingerprint density at radius 3 is 2.46 bits per heavy atom. The number of alkyl halides is 3. The summed E-state index contributed by atoms with van der Waals surface area (Å²) in [5.41, 5.74) is -0.109. The van der Waals surface area contributed by atoms with Crippen molar-refractivity contribution in [3.05, 3.63) is 41.9 Å². The van der Waals surface area contributed by atoms with Crippen LogP contribution in [-0.2, 0) is 17.1 Å². The number of amides is 1. The molecule has 0 spiro atoms. The van der Waals surface area contributed by atoms with Gasteiger partial charge in [0.1, 0.15) is 10.7 Å². The maximum atomic E-state index is 13.4. The third kappa shape index (κ3) is 6.27. The number of carbonyl (C=O) groups excluding carboxylic acids is 1. The highest BCUT2D eigenvalue weighted by Gasteiger charge is 2.50. The van der Waals surface area contributed by atoms with Crippen molar-refractivity contribution in [2.75, 3.05) is 17.7 Å². The highest BCUT2D eigenvalue weighted by molar-refractivity contribution is 7.90. The van der Waals surface area contributed by atoms with Gasteiger partial charge in [-0.1, -0.05) is 20.0 Å². The molecule has 1 N–H and O–H groups in total. The quantitative estimate of drug-likeness (QED) is 0.381. The van der Waals surface area contributed by atoms with Crippen LogP contribution in [0.15, 0.2) is 35.5 Å². The van der Waals surface area contributed by atoms with E-state index in [1.165, 1.54) is 60.0 Å². The molecule has 1 aliphatic heterocycles. The lowest BCUT2D eigenvalue weighted by Crippen LogP contribution is -2.50. The maximum absolute atomic E-state index is 13.4. The van der Waals surface area contributed by atoms with Crippen LogP contribution in [0.3, 0.4) is 0 Å². The molecule has 16 heteroatoms. The Morgan fingerprint density at radius 1 is 1.22 bits per heavy atom. The minimum Gasteiger partial charge on any atom is -0.480 e. The van der Waals surface area contributed by atoms with E-state index in [9.17, 15) is 26.4 Å². The minimum atomic E-state index is -4.31. The number of hydrogen-bond acceptors (Lipinski definition) is 8. The molecular weight excluding hydrogens is 579 g/mol. The summed E-state index contributed by atoms with van der Waals surface area (Å²) >= 11 is 0. The third-order valence-corrected chi connectivity index (χ3v) is 10.9. The lowest BCUT2D eigenvalue weighted by atomic mass is 9.97. The summed E-state index contributed by atoms with van der Waals surface area (Å²) in [7, 11) is -6.31. The molecule has 3 aromatic rings. The van der Waals surface area contributed by atoms with Gasteiger partial charge in [-0.2, -0.15) is 18.3 Å². The molecule has 0 bridgehead atoms. The van der Waals surface area contributed by atoms with E-state index in [4.69, 9.17) is 4.74 Å². The number of halogens is 3. The highest BCUT2D eigenvalue weighted by Crippen LogP contribution is 2.38. The van der Waals surface area contributed by atoms with Gasteiger partial charge in [-0.3, -0.25) is 9.48 Å². The van der Waals surface area contributed by atoms with E-state index in [1.54, 1.807) is 7.05 Å². The van der Waals surface area contributed by atoms with E-state index in [0.29, 0.717) is 6.54 Å². The molecule has 11 nitrogen and oxygen atoms in total. The fourth-order valence-corrected chi connectivity index (χ4v) is 6.69. The molecule has 0 aliphatic carbocycles. The van der Waals surface area contributed by atoms with Crippen LogP contribution in [0.5, 0.6) is 5.88 Å². The largest absolute Gasteiger partial charge is 0.480 e. The lowest BCUT2D eigenvalue weighted by molar-refractivity contribution is -0.0581. The van der Waals surface area contributed by atoms with Gasteiger partial charge in [0, 0.05) is 37.6 Å². The number of rotatable bonds is 8. The first-order chi connectivity index (χ1) is 18.8. The molecule has 224 valence electrons. The van der Waals surface area contributed by atoms with E-state index in [-0.39, 0.29) is 39.6 Å². The Morgan fingerprint density at radius 2 is 1.90 bits per heavy atom. The number of carbonyl (C=O) groups is 1. The van der Waals surface area contributed by atoms with Crippen LogP contribution in [0.25, 0.3) is 5.82 Å². The predicted molar refractivity (Wildman–Crippen MR) is 148 cm³/mol. The second-order valence-electron chi connectivity index (χ2n) is 11.7. The zero-order valence-electron chi connectivity index (χ0n) is 23.9. The van der Waals surface area contributed by atoms with Crippen LogP contribution in [0.4, 0.5) is 19.0 Å². The van der Waals surface area contributed by atoms with Gasteiger partial charge in [-0.25, -0.2) is 22.8 Å². The number of aromatic nitrogens is 5. The van der Waals surface area contributed by atoms with E-state index in [2.05, 4.69) is 26.8 Å². The number of aryl methyl sites for hydroxylation is 2. The topological polar surface area (TPSA) is 124 Å². The Kier molecular flexibility index (Phi) is 7.79. The van der Waals surface area contributed by atoms with Crippen LogP contribution in [0, 0.1) is 12.8 Å². The van der Waals surface area contributed by atoms with Crippen molar-refractivity contribution in [3.8, 4) is 11.7 Å². The summed E-state index contributed by atoms with van der Waals surface area (Å²) in [6, 6.07) is 4.38. The smallest absolute Gasteiger partial charge is 0.364 e. The molecule has 1 amide bonds. The molecule has 1 fully saturated rings. The number of sulfonamides is 1. The molecular formula is C25H34F3N7O4SSi. The highest BCUT2D eigenvalue weighted by atomic mass is 32.2. The zero-order valence-corrected chi connectivity index (χ0v) is 25.8. The average molecular weight is 614 g/mol. The number of nitrogens with one attached hydrogen (secondary N) is 1. The molecule has 41 heavy (non-hydrogen) atoms. The number of pyridine rings is 1. The predicted octanol–water partition coefficient (Wildman–Crippen LogP) is 3.78. The first-order valence-electron chi connectivity index (χ1n) is 12.9. The molecule has 0 saturated carbocycles. The first-order valence-corrected chi connectivity index (χ1v) is 17.6. The Balaban J connectivity index is 1.68. The van der Waals surface area contributed by atoms with Gasteiger partial charge in [0.25, 0.3) is 15.9 Å². The van der Waals surface area contributed by atoms with Gasteiger partial charge in [-0.05, 0) is 45.2 Å². The molecule has 0 radical (unpaired) electrons. The Labute approximate surface area is 237 Å². The van der Waals surface area contributed by atoms with Crippen molar-refractivity contribution in [1.82, 2.24) is 29.3 Å². The monoisotopic (exact) mass is 613 g/mol. The fraction of sp³-hybridized carbons (Fsp3) is 0.520. The summed E-state index contributed by atoms with van der Waals surface area (Å²) in [5, 5.41) is 8.28. The standard InChI is InChI=1S/C25H34F3N7O4SSi/c1-16-12-24(3,4)34(13-16)22-18(23(36)32-40(37,38)19-14-33(5)30-17(19)2)8-9-20(29-22)35-11-10-21(31-35)39-15-41(6,7)25(26,27)28/h8-11,14,16H,12-13,15H2,1-7H3,(H,32,36)/t16-/m0/s1. The van der Waals surface area contributed by atoms with Gasteiger partial charge in [0.05, 0.1) is 17.5 Å². The van der Waals surface area contributed by atoms with Crippen LogP contribution in [0.1, 0.15) is 43.2 Å². The van der Waals surface area contributed by atoms with Crippen LogP contribution >= 0.6 is 0 Å². The van der Waals surface area contributed by atoms with Crippen molar-refractivity contribution >= 4 is 29.8 Å². The molecule has 3 aromatic heterocycles. The van der Waals surface area contributed by atoms with Crippen molar-refractivity contribution < 1.29 is 31.1 Å². The molecule has 4 heterocycles. The summed E-state index contributed by atoms with van der Waals surface area (Å²) in [6.07, 6.45) is 3.13. The Hall–Kier alpha value is -3.40. The SMILES string of the molecule is Cc1nn(C)cc1S(=O)(=O)NC(=O)c1ccc(-n2ccc(OC[Si](C)(C)C(F)(F)F)n2)nc1N1C[C@@H](C)CC1(C)C. The minimum absolute atomic E-state index is 0.00746. The normalized spacial score (nSPS) is 17.6. The van der Waals surface area contributed by atoms with Gasteiger partial charge < -0.3 is 9.64 Å². The van der Waals surface area contributed by atoms with Crippen LogP contribution < -0.4 is 14.4 Å². The lowest BCUT2D eigenvalue weighted by Gasteiger charge is -2.34.